The number of nitrogens with zero attached hydrogens (tertiary/aromatic N) is 1. The van der Waals surface area contributed by atoms with Gasteiger partial charge in [0.1, 0.15) is 5.75 Å². The van der Waals surface area contributed by atoms with E-state index in [1.54, 1.807) is 50.4 Å². The topological polar surface area (TPSA) is 81.4 Å². The average molecular weight is 358 g/mol. The van der Waals surface area contributed by atoms with Crippen LogP contribution < -0.4 is 9.46 Å². The van der Waals surface area contributed by atoms with E-state index in [2.05, 4.69) is 9.88 Å². The zero-order valence-corrected chi connectivity index (χ0v) is 14.9. The fourth-order valence-electron chi connectivity index (χ4n) is 2.57. The number of ether oxygens (including phenoxy) is 1. The largest absolute Gasteiger partial charge is 0.497 e. The van der Waals surface area contributed by atoms with Gasteiger partial charge >= 0.3 is 0 Å². The first-order valence-electron chi connectivity index (χ1n) is 7.60. The number of sulfonamides is 1. The summed E-state index contributed by atoms with van der Waals surface area (Å²) in [5.41, 5.74) is 2.98. The molecule has 3 rings (SSSR count). The molecule has 0 bridgehead atoms. The number of aromatic nitrogens is 1. The van der Waals surface area contributed by atoms with Crippen molar-refractivity contribution in [3.05, 3.63) is 59.8 Å². The van der Waals surface area contributed by atoms with Gasteiger partial charge in [0.15, 0.2) is 0 Å². The summed E-state index contributed by atoms with van der Waals surface area (Å²) in [7, 11) is -2.20. The number of hydrogen-bond donors (Lipinski definition) is 1. The fraction of sp³-hybridized carbons (Fsp3) is 0.167. The summed E-state index contributed by atoms with van der Waals surface area (Å²) in [5, 5.41) is 3.72. The van der Waals surface area contributed by atoms with Crippen LogP contribution in [-0.4, -0.2) is 20.7 Å². The quantitative estimate of drug-likeness (QED) is 0.751. The summed E-state index contributed by atoms with van der Waals surface area (Å²) in [4.78, 5) is 0.204. The fourth-order valence-corrected chi connectivity index (χ4v) is 3.80. The lowest BCUT2D eigenvalue weighted by molar-refractivity contribution is 0.415. The maximum absolute atomic E-state index is 12.7. The minimum Gasteiger partial charge on any atom is -0.497 e. The van der Waals surface area contributed by atoms with Crippen LogP contribution in [0, 0.1) is 13.8 Å². The van der Waals surface area contributed by atoms with E-state index in [4.69, 9.17) is 9.26 Å². The highest BCUT2D eigenvalue weighted by atomic mass is 32.2. The molecule has 0 saturated carbocycles. The van der Waals surface area contributed by atoms with E-state index >= 15 is 0 Å². The second-order valence-electron chi connectivity index (χ2n) is 5.67. The highest BCUT2D eigenvalue weighted by Gasteiger charge is 2.21. The smallest absolute Gasteiger partial charge is 0.264 e. The van der Waals surface area contributed by atoms with Gasteiger partial charge in [-0.3, -0.25) is 0 Å². The van der Waals surface area contributed by atoms with E-state index in [0.29, 0.717) is 16.9 Å². The van der Waals surface area contributed by atoms with E-state index in [9.17, 15) is 8.42 Å². The van der Waals surface area contributed by atoms with Crippen LogP contribution in [0.1, 0.15) is 11.1 Å². The molecule has 0 atom stereocenters. The summed E-state index contributed by atoms with van der Waals surface area (Å²) >= 11 is 0. The highest BCUT2D eigenvalue weighted by Crippen LogP contribution is 2.31. The molecular weight excluding hydrogens is 340 g/mol. The zero-order chi connectivity index (χ0) is 18.0. The number of methoxy groups -OCH3 is 1. The molecule has 25 heavy (non-hydrogen) atoms. The van der Waals surface area contributed by atoms with Gasteiger partial charge < -0.3 is 9.26 Å². The number of nitrogens with one attached hydrogen (secondary N) is 1. The molecule has 7 heteroatoms. The van der Waals surface area contributed by atoms with Gasteiger partial charge in [-0.05, 0) is 43.2 Å². The molecular formula is C18H18N2O4S. The van der Waals surface area contributed by atoms with E-state index in [-0.39, 0.29) is 10.8 Å². The number of aryl methyl sites for hydroxylation is 2. The van der Waals surface area contributed by atoms with Crippen molar-refractivity contribution in [3.8, 4) is 16.9 Å². The molecule has 0 amide bonds. The first-order chi connectivity index (χ1) is 11.9. The number of hydrogen-bond acceptors (Lipinski definition) is 5. The highest BCUT2D eigenvalue weighted by molar-refractivity contribution is 7.92. The summed E-state index contributed by atoms with van der Waals surface area (Å²) < 4.78 is 38.1. The van der Waals surface area contributed by atoms with Gasteiger partial charge in [0, 0.05) is 0 Å². The van der Waals surface area contributed by atoms with Gasteiger partial charge in [0.25, 0.3) is 10.0 Å². The molecule has 6 nitrogen and oxygen atoms in total. The van der Waals surface area contributed by atoms with Crippen molar-refractivity contribution in [2.24, 2.45) is 0 Å². The minimum absolute atomic E-state index is 0.0742. The third kappa shape index (κ3) is 3.51. The zero-order valence-electron chi connectivity index (χ0n) is 14.1. The van der Waals surface area contributed by atoms with E-state index in [1.807, 2.05) is 13.0 Å². The lowest BCUT2D eigenvalue weighted by atomic mass is 10.1. The van der Waals surface area contributed by atoms with Crippen LogP contribution in [0.3, 0.4) is 0 Å². The van der Waals surface area contributed by atoms with Crippen LogP contribution in [-0.2, 0) is 10.0 Å². The Balaban J connectivity index is 1.94. The lowest BCUT2D eigenvalue weighted by Crippen LogP contribution is -2.14. The summed E-state index contributed by atoms with van der Waals surface area (Å²) in [6.45, 7) is 3.67. The molecule has 0 aliphatic carbocycles. The third-order valence-corrected chi connectivity index (χ3v) is 5.31. The Labute approximate surface area is 146 Å². The predicted molar refractivity (Wildman–Crippen MR) is 95.2 cm³/mol. The molecule has 130 valence electrons. The predicted octanol–water partition coefficient (Wildman–Crippen LogP) is 3.77. The molecule has 3 aromatic rings. The second-order valence-corrected chi connectivity index (χ2v) is 7.32. The van der Waals surface area contributed by atoms with Crippen LogP contribution in [0.5, 0.6) is 5.75 Å². The number of benzene rings is 2. The van der Waals surface area contributed by atoms with Gasteiger partial charge in [-0.1, -0.05) is 35.0 Å². The molecule has 0 saturated heterocycles. The normalized spacial score (nSPS) is 11.3. The molecule has 0 unspecified atom stereocenters. The Kier molecular flexibility index (Phi) is 4.50. The Morgan fingerprint density at radius 3 is 2.44 bits per heavy atom. The van der Waals surface area contributed by atoms with Crippen LogP contribution in [0.4, 0.5) is 5.88 Å². The Morgan fingerprint density at radius 1 is 1.08 bits per heavy atom. The van der Waals surface area contributed by atoms with Gasteiger partial charge in [-0.25, -0.2) is 13.1 Å². The molecule has 0 spiro atoms. The molecule has 1 aromatic heterocycles. The van der Waals surface area contributed by atoms with Crippen molar-refractivity contribution in [2.45, 2.75) is 18.7 Å². The Hall–Kier alpha value is -2.80. The average Bonchev–Trinajstić information content (AvgIpc) is 3.02. The molecule has 0 aliphatic heterocycles. The number of rotatable bonds is 5. The molecule has 1 N–H and O–H groups in total. The van der Waals surface area contributed by atoms with E-state index in [1.165, 1.54) is 6.20 Å². The van der Waals surface area contributed by atoms with Gasteiger partial charge in [0.2, 0.25) is 5.88 Å². The van der Waals surface area contributed by atoms with Crippen molar-refractivity contribution in [1.29, 1.82) is 0 Å². The van der Waals surface area contributed by atoms with Gasteiger partial charge in [0.05, 0.1) is 23.8 Å². The molecule has 0 aliphatic rings. The van der Waals surface area contributed by atoms with E-state index < -0.39 is 10.0 Å². The monoisotopic (exact) mass is 358 g/mol. The van der Waals surface area contributed by atoms with Crippen molar-refractivity contribution < 1.29 is 17.7 Å². The van der Waals surface area contributed by atoms with Crippen molar-refractivity contribution >= 4 is 15.9 Å². The molecule has 0 fully saturated rings. The standard InChI is InChI=1S/C18H18N2O4S/c1-12-4-9-17(13(2)10-12)25(21,22)20-18-16(11-19-24-18)14-5-7-15(23-3)8-6-14/h4-11,20H,1-3H3. The second kappa shape index (κ2) is 6.60. The van der Waals surface area contributed by atoms with Crippen molar-refractivity contribution in [3.63, 3.8) is 0 Å². The summed E-state index contributed by atoms with van der Waals surface area (Å²) in [6, 6.07) is 12.3. The van der Waals surface area contributed by atoms with Crippen LogP contribution in [0.2, 0.25) is 0 Å². The Morgan fingerprint density at radius 2 is 1.80 bits per heavy atom. The van der Waals surface area contributed by atoms with Crippen LogP contribution in [0.25, 0.3) is 11.1 Å². The summed E-state index contributed by atoms with van der Waals surface area (Å²) in [5.74, 6) is 0.780. The SMILES string of the molecule is COc1ccc(-c2cnoc2NS(=O)(=O)c2ccc(C)cc2C)cc1. The first-order valence-corrected chi connectivity index (χ1v) is 9.08. The Bertz CT molecular complexity index is 992. The molecule has 1 heterocycles. The van der Waals surface area contributed by atoms with Crippen molar-refractivity contribution in [2.75, 3.05) is 11.8 Å². The maximum Gasteiger partial charge on any atom is 0.264 e. The minimum atomic E-state index is -3.78. The summed E-state index contributed by atoms with van der Waals surface area (Å²) in [6.07, 6.45) is 1.47. The van der Waals surface area contributed by atoms with Crippen LogP contribution in [0.15, 0.2) is 58.1 Å². The van der Waals surface area contributed by atoms with E-state index in [0.717, 1.165) is 11.1 Å². The van der Waals surface area contributed by atoms with Crippen molar-refractivity contribution in [1.82, 2.24) is 5.16 Å². The van der Waals surface area contributed by atoms with Gasteiger partial charge in [-0.15, -0.1) is 0 Å². The maximum atomic E-state index is 12.7. The van der Waals surface area contributed by atoms with Crippen LogP contribution >= 0.6 is 0 Å². The first kappa shape index (κ1) is 17.0. The third-order valence-electron chi connectivity index (χ3n) is 3.82. The molecule has 2 aromatic carbocycles. The number of anilines is 1. The van der Waals surface area contributed by atoms with Gasteiger partial charge in [-0.2, -0.15) is 0 Å². The lowest BCUT2D eigenvalue weighted by Gasteiger charge is -2.10. The molecule has 0 radical (unpaired) electrons.